The molecule has 1 aromatic heterocycles. The second kappa shape index (κ2) is 8.84. The molecule has 1 fully saturated rings. The Hall–Kier alpha value is -3.24. The Morgan fingerprint density at radius 2 is 2.17 bits per heavy atom. The molecule has 0 saturated carbocycles. The molecule has 156 valence electrons. The largest absolute Gasteiger partial charge is 0.434 e. The number of ether oxygens (including phenoxy) is 1. The summed E-state index contributed by atoms with van der Waals surface area (Å²) in [4.78, 5) is 20.0. The lowest BCUT2D eigenvalue weighted by molar-refractivity contribution is -0.120. The summed E-state index contributed by atoms with van der Waals surface area (Å²) >= 11 is 0. The van der Waals surface area contributed by atoms with Gasteiger partial charge in [0.1, 0.15) is 18.1 Å². The van der Waals surface area contributed by atoms with Crippen LogP contribution in [0.4, 0.5) is 18.9 Å². The number of amides is 1. The molecule has 0 unspecified atom stereocenters. The van der Waals surface area contributed by atoms with Crippen LogP contribution in [0.25, 0.3) is 0 Å². The average Bonchev–Trinajstić information content (AvgIpc) is 3.10. The summed E-state index contributed by atoms with van der Waals surface area (Å²) in [5.74, 6) is -0.709. The van der Waals surface area contributed by atoms with Gasteiger partial charge in [-0.05, 0) is 12.1 Å². The smallest absolute Gasteiger partial charge is 0.387 e. The van der Waals surface area contributed by atoms with E-state index >= 15 is 0 Å². The molecule has 1 amide bonds. The van der Waals surface area contributed by atoms with Crippen LogP contribution >= 0.6 is 0 Å². The number of hydrogen-bond acceptors (Lipinski definition) is 4. The molecular weight excluding hydrogens is 389 g/mol. The maximum Gasteiger partial charge on any atom is 0.387 e. The van der Waals surface area contributed by atoms with Crippen molar-refractivity contribution in [3.8, 4) is 5.75 Å². The van der Waals surface area contributed by atoms with E-state index in [1.807, 2.05) is 0 Å². The number of carbonyl (C=O) groups excluding carboxylic acids is 1. The quantitative estimate of drug-likeness (QED) is 0.599. The van der Waals surface area contributed by atoms with Crippen molar-refractivity contribution in [1.29, 1.82) is 0 Å². The van der Waals surface area contributed by atoms with Crippen LogP contribution in [0.3, 0.4) is 0 Å². The van der Waals surface area contributed by atoms with Crippen molar-refractivity contribution in [2.75, 3.05) is 31.6 Å². The maximum atomic E-state index is 14.1. The van der Waals surface area contributed by atoms with Gasteiger partial charge in [0.25, 0.3) is 0 Å². The molecule has 11 heteroatoms. The van der Waals surface area contributed by atoms with Crippen molar-refractivity contribution >= 4 is 17.6 Å². The standard InChI is InChI=1S/C18H21F3N6O2/c1-22-18(23-9-13-14(19)4-3-5-15(13)29-17(20)21)26-6-7-27(16(28)11-26)12-8-24-25(2)10-12/h3-5,8,10,17H,6-7,9,11H2,1-2H3,(H,22,23). The third-order valence-corrected chi connectivity index (χ3v) is 4.45. The van der Waals surface area contributed by atoms with E-state index in [2.05, 4.69) is 20.1 Å². The van der Waals surface area contributed by atoms with Crippen molar-refractivity contribution in [2.45, 2.75) is 13.2 Å². The third-order valence-electron chi connectivity index (χ3n) is 4.45. The Morgan fingerprint density at radius 3 is 2.79 bits per heavy atom. The van der Waals surface area contributed by atoms with Crippen LogP contribution in [-0.4, -0.2) is 59.8 Å². The molecule has 1 aliphatic rings. The van der Waals surface area contributed by atoms with E-state index in [4.69, 9.17) is 0 Å². The van der Waals surface area contributed by atoms with Crippen LogP contribution in [0.15, 0.2) is 35.6 Å². The van der Waals surface area contributed by atoms with E-state index in [-0.39, 0.29) is 30.3 Å². The molecule has 1 aromatic carbocycles. The average molecular weight is 410 g/mol. The Balaban J connectivity index is 1.66. The number of aromatic nitrogens is 2. The van der Waals surface area contributed by atoms with Gasteiger partial charge in [-0.1, -0.05) is 6.07 Å². The maximum absolute atomic E-state index is 14.1. The number of nitrogens with zero attached hydrogens (tertiary/aromatic N) is 5. The first-order valence-corrected chi connectivity index (χ1v) is 8.86. The number of rotatable bonds is 5. The van der Waals surface area contributed by atoms with Gasteiger partial charge in [0, 0.05) is 45.5 Å². The topological polar surface area (TPSA) is 75.0 Å². The first-order valence-electron chi connectivity index (χ1n) is 8.86. The molecule has 1 aliphatic heterocycles. The van der Waals surface area contributed by atoms with Gasteiger partial charge in [0.2, 0.25) is 5.91 Å². The van der Waals surface area contributed by atoms with Gasteiger partial charge in [0.05, 0.1) is 11.9 Å². The first-order chi connectivity index (χ1) is 13.9. The molecule has 0 atom stereocenters. The van der Waals surface area contributed by atoms with Crippen molar-refractivity contribution < 1.29 is 22.7 Å². The van der Waals surface area contributed by atoms with Gasteiger partial charge in [-0.3, -0.25) is 14.5 Å². The monoisotopic (exact) mass is 410 g/mol. The number of aryl methyl sites for hydroxylation is 1. The van der Waals surface area contributed by atoms with Gasteiger partial charge in [-0.2, -0.15) is 13.9 Å². The fourth-order valence-corrected chi connectivity index (χ4v) is 3.09. The number of halogens is 3. The minimum Gasteiger partial charge on any atom is -0.434 e. The number of hydrogen-bond donors (Lipinski definition) is 1. The van der Waals surface area contributed by atoms with Crippen molar-refractivity contribution in [3.05, 3.63) is 42.0 Å². The van der Waals surface area contributed by atoms with E-state index < -0.39 is 12.4 Å². The number of nitrogens with one attached hydrogen (secondary N) is 1. The predicted octanol–water partition coefficient (Wildman–Crippen LogP) is 1.58. The van der Waals surface area contributed by atoms with Crippen LogP contribution in [0.1, 0.15) is 5.56 Å². The molecule has 1 saturated heterocycles. The molecule has 29 heavy (non-hydrogen) atoms. The Kier molecular flexibility index (Phi) is 6.25. The highest BCUT2D eigenvalue weighted by Crippen LogP contribution is 2.23. The number of piperazine rings is 1. The van der Waals surface area contributed by atoms with Crippen LogP contribution in [0, 0.1) is 5.82 Å². The lowest BCUT2D eigenvalue weighted by Gasteiger charge is -2.35. The summed E-state index contributed by atoms with van der Waals surface area (Å²) < 4.78 is 45.2. The number of carbonyl (C=O) groups is 1. The van der Waals surface area contributed by atoms with Gasteiger partial charge in [-0.15, -0.1) is 0 Å². The normalized spacial score (nSPS) is 15.2. The number of aliphatic imine (C=N–C) groups is 1. The summed E-state index contributed by atoms with van der Waals surface area (Å²) in [5.41, 5.74) is 0.662. The van der Waals surface area contributed by atoms with Crippen LogP contribution in [0.2, 0.25) is 0 Å². The van der Waals surface area contributed by atoms with E-state index in [0.29, 0.717) is 24.7 Å². The van der Waals surface area contributed by atoms with Crippen molar-refractivity contribution in [3.63, 3.8) is 0 Å². The molecule has 1 N–H and O–H groups in total. The number of benzene rings is 1. The van der Waals surface area contributed by atoms with Gasteiger partial charge < -0.3 is 19.9 Å². The minimum absolute atomic E-state index is 0.0470. The molecule has 0 bridgehead atoms. The molecule has 0 spiro atoms. The van der Waals surface area contributed by atoms with Crippen LogP contribution in [-0.2, 0) is 18.4 Å². The summed E-state index contributed by atoms with van der Waals surface area (Å²) in [6.45, 7) is -2.22. The van der Waals surface area contributed by atoms with E-state index in [0.717, 1.165) is 6.07 Å². The third kappa shape index (κ3) is 4.79. The fourth-order valence-electron chi connectivity index (χ4n) is 3.09. The molecular formula is C18H21F3N6O2. The van der Waals surface area contributed by atoms with Crippen molar-refractivity contribution in [1.82, 2.24) is 20.0 Å². The zero-order chi connectivity index (χ0) is 21.0. The first kappa shape index (κ1) is 20.5. The van der Waals surface area contributed by atoms with E-state index in [1.54, 1.807) is 33.9 Å². The molecule has 3 rings (SSSR count). The molecule has 2 aromatic rings. The Morgan fingerprint density at radius 1 is 1.38 bits per heavy atom. The minimum atomic E-state index is -3.06. The highest BCUT2D eigenvalue weighted by atomic mass is 19.3. The lowest BCUT2D eigenvalue weighted by atomic mass is 10.2. The highest BCUT2D eigenvalue weighted by Gasteiger charge is 2.28. The second-order valence-electron chi connectivity index (χ2n) is 6.33. The number of guanidine groups is 1. The molecule has 2 heterocycles. The molecule has 0 radical (unpaired) electrons. The molecule has 8 nitrogen and oxygen atoms in total. The van der Waals surface area contributed by atoms with E-state index in [1.165, 1.54) is 19.2 Å². The van der Waals surface area contributed by atoms with Gasteiger partial charge in [0.15, 0.2) is 5.96 Å². The summed E-state index contributed by atoms with van der Waals surface area (Å²) in [6.07, 6.45) is 3.37. The summed E-state index contributed by atoms with van der Waals surface area (Å²) in [6, 6.07) is 3.72. The summed E-state index contributed by atoms with van der Waals surface area (Å²) in [7, 11) is 3.29. The Bertz CT molecular complexity index is 901. The predicted molar refractivity (Wildman–Crippen MR) is 100 cm³/mol. The van der Waals surface area contributed by atoms with E-state index in [9.17, 15) is 18.0 Å². The van der Waals surface area contributed by atoms with Gasteiger partial charge >= 0.3 is 6.61 Å². The highest BCUT2D eigenvalue weighted by molar-refractivity contribution is 5.98. The number of alkyl halides is 2. The number of anilines is 1. The SMILES string of the molecule is CN=C(NCc1c(F)cccc1OC(F)F)N1CCN(c2cnn(C)c2)C(=O)C1. The molecule has 0 aliphatic carbocycles. The van der Waals surface area contributed by atoms with Gasteiger partial charge in [-0.25, -0.2) is 4.39 Å². The summed E-state index contributed by atoms with van der Waals surface area (Å²) in [5, 5.41) is 6.98. The fraction of sp³-hybridized carbons (Fsp3) is 0.389. The second-order valence-corrected chi connectivity index (χ2v) is 6.33. The van der Waals surface area contributed by atoms with Crippen LogP contribution in [0.5, 0.6) is 5.75 Å². The zero-order valence-corrected chi connectivity index (χ0v) is 16.0. The van der Waals surface area contributed by atoms with Crippen LogP contribution < -0.4 is 15.0 Å². The van der Waals surface area contributed by atoms with Crippen molar-refractivity contribution in [2.24, 2.45) is 12.0 Å². The lowest BCUT2D eigenvalue weighted by Crippen LogP contribution is -2.55. The zero-order valence-electron chi connectivity index (χ0n) is 16.0. The Labute approximate surface area is 165 Å².